The molecule has 1 aliphatic rings. The van der Waals surface area contributed by atoms with Crippen molar-refractivity contribution in [1.29, 1.82) is 0 Å². The first kappa shape index (κ1) is 19.2. The van der Waals surface area contributed by atoms with Crippen LogP contribution in [-0.2, 0) is 6.54 Å². The highest BCUT2D eigenvalue weighted by atomic mass is 35.5. The number of urea groups is 1. The number of carbonyl (C=O) groups excluding carboxylic acids is 2. The Kier molecular flexibility index (Phi) is 6.35. The second kappa shape index (κ2) is 8.91. The first-order chi connectivity index (χ1) is 13.1. The van der Waals surface area contributed by atoms with Gasteiger partial charge in [-0.05, 0) is 48.2 Å². The van der Waals surface area contributed by atoms with Gasteiger partial charge in [0, 0.05) is 43.2 Å². The smallest absolute Gasteiger partial charge is 0.317 e. The lowest BCUT2D eigenvalue weighted by Crippen LogP contribution is -2.43. The van der Waals surface area contributed by atoms with E-state index in [9.17, 15) is 9.59 Å². The molecule has 0 aliphatic carbocycles. The van der Waals surface area contributed by atoms with Crippen molar-refractivity contribution >= 4 is 23.5 Å². The summed E-state index contributed by atoms with van der Waals surface area (Å²) in [5.41, 5.74) is 2.69. The van der Waals surface area contributed by atoms with E-state index >= 15 is 0 Å². The van der Waals surface area contributed by atoms with Crippen LogP contribution in [0.3, 0.4) is 0 Å². The summed E-state index contributed by atoms with van der Waals surface area (Å²) in [6.07, 6.45) is 1.98. The highest BCUT2D eigenvalue weighted by Gasteiger charge is 2.24. The largest absolute Gasteiger partial charge is 0.348 e. The molecule has 0 bridgehead atoms. The zero-order valence-electron chi connectivity index (χ0n) is 15.4. The molecule has 2 aromatic rings. The normalized spacial score (nSPS) is 16.7. The molecule has 5 nitrogen and oxygen atoms in total. The van der Waals surface area contributed by atoms with E-state index < -0.39 is 0 Å². The van der Waals surface area contributed by atoms with Gasteiger partial charge in [0.1, 0.15) is 0 Å². The van der Waals surface area contributed by atoms with E-state index in [2.05, 4.69) is 10.6 Å². The summed E-state index contributed by atoms with van der Waals surface area (Å²) in [7, 11) is 1.65. The van der Waals surface area contributed by atoms with Crippen LogP contribution < -0.4 is 10.6 Å². The van der Waals surface area contributed by atoms with Crippen molar-refractivity contribution in [3.63, 3.8) is 0 Å². The summed E-state index contributed by atoms with van der Waals surface area (Å²) in [5, 5.41) is 6.28. The molecule has 1 aliphatic heterocycles. The van der Waals surface area contributed by atoms with Crippen molar-refractivity contribution in [1.82, 2.24) is 15.5 Å². The minimum Gasteiger partial charge on any atom is -0.348 e. The Morgan fingerprint density at radius 1 is 1.19 bits per heavy atom. The minimum absolute atomic E-state index is 0.0462. The highest BCUT2D eigenvalue weighted by molar-refractivity contribution is 6.30. The molecular formula is C21H24ClN3O2. The second-order valence-electron chi connectivity index (χ2n) is 6.78. The van der Waals surface area contributed by atoms with E-state index in [-0.39, 0.29) is 17.9 Å². The Bertz CT molecular complexity index is 825. The number of hydrogen-bond acceptors (Lipinski definition) is 2. The number of carbonyl (C=O) groups is 2. The topological polar surface area (TPSA) is 61.4 Å². The molecule has 142 valence electrons. The van der Waals surface area contributed by atoms with E-state index in [0.29, 0.717) is 23.7 Å². The van der Waals surface area contributed by atoms with Gasteiger partial charge in [-0.3, -0.25) is 4.79 Å². The fraction of sp³-hybridized carbons (Fsp3) is 0.333. The van der Waals surface area contributed by atoms with Gasteiger partial charge in [-0.15, -0.1) is 0 Å². The number of nitrogens with zero attached hydrogens (tertiary/aromatic N) is 1. The van der Waals surface area contributed by atoms with Crippen LogP contribution in [0, 0.1) is 0 Å². The van der Waals surface area contributed by atoms with E-state index in [1.807, 2.05) is 53.4 Å². The predicted octanol–water partition coefficient (Wildman–Crippen LogP) is 3.79. The summed E-state index contributed by atoms with van der Waals surface area (Å²) in [6.45, 7) is 1.88. The van der Waals surface area contributed by atoms with Crippen LogP contribution in [0.4, 0.5) is 4.79 Å². The first-order valence-corrected chi connectivity index (χ1v) is 9.54. The van der Waals surface area contributed by atoms with Gasteiger partial charge in [0.2, 0.25) is 0 Å². The molecule has 3 amide bonds. The van der Waals surface area contributed by atoms with Crippen molar-refractivity contribution in [2.75, 3.05) is 20.1 Å². The molecule has 1 saturated heterocycles. The van der Waals surface area contributed by atoms with Crippen molar-refractivity contribution in [3.05, 3.63) is 70.2 Å². The van der Waals surface area contributed by atoms with Crippen LogP contribution in [0.2, 0.25) is 5.02 Å². The number of nitrogens with one attached hydrogen (secondary N) is 2. The van der Waals surface area contributed by atoms with Crippen LogP contribution in [0.5, 0.6) is 0 Å². The zero-order valence-corrected chi connectivity index (χ0v) is 16.1. The first-order valence-electron chi connectivity index (χ1n) is 9.16. The van der Waals surface area contributed by atoms with Crippen molar-refractivity contribution in [2.45, 2.75) is 25.3 Å². The van der Waals surface area contributed by atoms with Crippen LogP contribution in [-0.4, -0.2) is 37.0 Å². The number of halogens is 1. The van der Waals surface area contributed by atoms with Crippen LogP contribution >= 0.6 is 11.6 Å². The number of benzene rings is 2. The van der Waals surface area contributed by atoms with Gasteiger partial charge < -0.3 is 15.5 Å². The van der Waals surface area contributed by atoms with Crippen molar-refractivity contribution < 1.29 is 9.59 Å². The summed E-state index contributed by atoms with van der Waals surface area (Å²) < 4.78 is 0. The molecule has 6 heteroatoms. The van der Waals surface area contributed by atoms with Crippen LogP contribution in [0.1, 0.15) is 40.2 Å². The third-order valence-corrected chi connectivity index (χ3v) is 5.12. The number of piperidine rings is 1. The lowest BCUT2D eigenvalue weighted by Gasteiger charge is -2.32. The quantitative estimate of drug-likeness (QED) is 0.841. The van der Waals surface area contributed by atoms with Gasteiger partial charge in [0.15, 0.2) is 0 Å². The van der Waals surface area contributed by atoms with E-state index in [1.165, 1.54) is 0 Å². The Hall–Kier alpha value is -2.53. The molecule has 1 unspecified atom stereocenters. The maximum atomic E-state index is 12.5. The number of hydrogen-bond donors (Lipinski definition) is 2. The van der Waals surface area contributed by atoms with E-state index in [4.69, 9.17) is 11.6 Å². The second-order valence-corrected chi connectivity index (χ2v) is 7.21. The number of likely N-dealkylation sites (tertiary alicyclic amines) is 1. The molecule has 3 rings (SSSR count). The van der Waals surface area contributed by atoms with Crippen molar-refractivity contribution in [2.24, 2.45) is 0 Å². The molecule has 0 spiro atoms. The number of amides is 3. The maximum absolute atomic E-state index is 12.5. The minimum atomic E-state index is -0.115. The zero-order chi connectivity index (χ0) is 19.2. The van der Waals surface area contributed by atoms with Gasteiger partial charge in [-0.25, -0.2) is 4.79 Å². The Morgan fingerprint density at radius 3 is 2.78 bits per heavy atom. The number of rotatable bonds is 4. The summed E-state index contributed by atoms with van der Waals surface area (Å²) in [4.78, 5) is 26.3. The lowest BCUT2D eigenvalue weighted by molar-refractivity contribution is 0.0950. The summed E-state index contributed by atoms with van der Waals surface area (Å²) >= 11 is 5.98. The fourth-order valence-corrected chi connectivity index (χ4v) is 3.67. The van der Waals surface area contributed by atoms with E-state index in [0.717, 1.165) is 30.5 Å². The van der Waals surface area contributed by atoms with E-state index in [1.54, 1.807) is 7.05 Å². The van der Waals surface area contributed by atoms with Gasteiger partial charge in [-0.2, -0.15) is 0 Å². The van der Waals surface area contributed by atoms with Crippen LogP contribution in [0.25, 0.3) is 0 Å². The molecule has 0 radical (unpaired) electrons. The van der Waals surface area contributed by atoms with Gasteiger partial charge in [-0.1, -0.05) is 35.9 Å². The Morgan fingerprint density at radius 2 is 2.00 bits per heavy atom. The Balaban J connectivity index is 1.65. The third kappa shape index (κ3) is 5.01. The van der Waals surface area contributed by atoms with Crippen molar-refractivity contribution in [3.8, 4) is 0 Å². The van der Waals surface area contributed by atoms with Gasteiger partial charge >= 0.3 is 6.03 Å². The maximum Gasteiger partial charge on any atom is 0.317 e. The SMILES string of the molecule is CNC(=O)N1CCCC(c2cccc(C(=O)NCc3cccc(Cl)c3)c2)C1. The lowest BCUT2D eigenvalue weighted by atomic mass is 9.89. The Labute approximate surface area is 164 Å². The van der Waals surface area contributed by atoms with Crippen LogP contribution in [0.15, 0.2) is 48.5 Å². The molecule has 2 N–H and O–H groups in total. The molecule has 0 saturated carbocycles. The summed E-state index contributed by atoms with van der Waals surface area (Å²) in [6, 6.07) is 15.1. The average Bonchev–Trinajstić information content (AvgIpc) is 2.71. The third-order valence-electron chi connectivity index (χ3n) is 4.88. The fourth-order valence-electron chi connectivity index (χ4n) is 3.46. The molecule has 1 atom stereocenters. The molecule has 27 heavy (non-hydrogen) atoms. The molecule has 2 aromatic carbocycles. The highest BCUT2D eigenvalue weighted by Crippen LogP contribution is 2.27. The monoisotopic (exact) mass is 385 g/mol. The van der Waals surface area contributed by atoms with Gasteiger partial charge in [0.25, 0.3) is 5.91 Å². The average molecular weight is 386 g/mol. The standard InChI is InChI=1S/C21H24ClN3O2/c1-23-21(27)25-10-4-8-18(14-25)16-6-3-7-17(12-16)20(26)24-13-15-5-2-9-19(22)11-15/h2-3,5-7,9,11-12,18H,4,8,10,13-14H2,1H3,(H,23,27)(H,24,26). The molecular weight excluding hydrogens is 362 g/mol. The van der Waals surface area contributed by atoms with Gasteiger partial charge in [0.05, 0.1) is 0 Å². The molecule has 1 heterocycles. The predicted molar refractivity (Wildman–Crippen MR) is 107 cm³/mol. The molecule has 1 fully saturated rings. The summed E-state index contributed by atoms with van der Waals surface area (Å²) in [5.74, 6) is 0.132. The molecule has 0 aromatic heterocycles.